The highest BCUT2D eigenvalue weighted by Gasteiger charge is 2.30. The summed E-state index contributed by atoms with van der Waals surface area (Å²) in [6.07, 6.45) is 1.63. The number of halogens is 3. The molecule has 0 heterocycles. The average Bonchev–Trinajstić information content (AvgIpc) is 1.67. The average molecular weight is 124 g/mol. The molecule has 0 rings (SSSR count). The third-order valence-electron chi connectivity index (χ3n) is 0.364. The first-order valence-corrected chi connectivity index (χ1v) is 1.70. The van der Waals surface area contributed by atoms with E-state index < -0.39 is 12.8 Å². The quantitative estimate of drug-likeness (QED) is 0.502. The van der Waals surface area contributed by atoms with Gasteiger partial charge in [0.25, 0.3) is 0 Å². The summed E-state index contributed by atoms with van der Waals surface area (Å²) in [5.74, 6) is 0. The topological polar surface area (TPSA) is 9.23 Å². The van der Waals surface area contributed by atoms with Crippen LogP contribution in [0, 0.1) is 12.5 Å². The van der Waals surface area contributed by atoms with Gasteiger partial charge >= 0.3 is 6.11 Å². The molecule has 4 heteroatoms. The van der Waals surface area contributed by atoms with E-state index in [1.165, 1.54) is 6.11 Å². The number of hydrogen-bond donors (Lipinski definition) is 0. The van der Waals surface area contributed by atoms with E-state index in [2.05, 4.69) is 11.2 Å². The van der Waals surface area contributed by atoms with Crippen LogP contribution in [0.3, 0.4) is 0 Å². The van der Waals surface area contributed by atoms with Crippen molar-refractivity contribution in [1.82, 2.24) is 0 Å². The lowest BCUT2D eigenvalue weighted by molar-refractivity contribution is -0.205. The molecule has 1 nitrogen and oxygen atoms in total. The van der Waals surface area contributed by atoms with Crippen molar-refractivity contribution in [3.8, 4) is 12.5 Å². The summed E-state index contributed by atoms with van der Waals surface area (Å²) in [7, 11) is 0. The standard InChI is InChI=1S/C4H3F3O/c1-2-8-4(6,7)3-5/h1H,3H2. The highest BCUT2D eigenvalue weighted by atomic mass is 19.3. The second-order valence-corrected chi connectivity index (χ2v) is 0.991. The molecular weight excluding hydrogens is 121 g/mol. The van der Waals surface area contributed by atoms with Gasteiger partial charge in [0.2, 0.25) is 0 Å². The summed E-state index contributed by atoms with van der Waals surface area (Å²) in [6.45, 7) is -1.89. The third kappa shape index (κ3) is 2.35. The molecule has 0 aromatic heterocycles. The lowest BCUT2D eigenvalue weighted by Crippen LogP contribution is -2.20. The molecule has 0 saturated heterocycles. The van der Waals surface area contributed by atoms with Crippen LogP contribution in [0.4, 0.5) is 13.2 Å². The maximum atomic E-state index is 11.4. The number of rotatable bonds is 2. The van der Waals surface area contributed by atoms with Gasteiger partial charge in [0.05, 0.1) is 0 Å². The third-order valence-corrected chi connectivity index (χ3v) is 0.364. The fourth-order valence-electron chi connectivity index (χ4n) is 0.113. The van der Waals surface area contributed by atoms with Crippen LogP contribution in [0.15, 0.2) is 0 Å². The Morgan fingerprint density at radius 3 is 2.25 bits per heavy atom. The molecule has 0 amide bonds. The minimum absolute atomic E-state index is 1.17. The van der Waals surface area contributed by atoms with Crippen LogP contribution < -0.4 is 0 Å². The molecule has 8 heavy (non-hydrogen) atoms. The first kappa shape index (κ1) is 7.15. The number of hydrogen-bond acceptors (Lipinski definition) is 1. The summed E-state index contributed by atoms with van der Waals surface area (Å²) < 4.78 is 37.0. The van der Waals surface area contributed by atoms with E-state index in [1.807, 2.05) is 0 Å². The van der Waals surface area contributed by atoms with Crippen LogP contribution in [-0.2, 0) is 4.74 Å². The normalized spacial score (nSPS) is 10.2. The Labute approximate surface area is 44.4 Å². The van der Waals surface area contributed by atoms with Crippen molar-refractivity contribution in [3.05, 3.63) is 0 Å². The van der Waals surface area contributed by atoms with Crippen LogP contribution in [0.25, 0.3) is 0 Å². The Morgan fingerprint density at radius 1 is 1.62 bits per heavy atom. The van der Waals surface area contributed by atoms with Crippen LogP contribution in [0.5, 0.6) is 0 Å². The van der Waals surface area contributed by atoms with E-state index in [-0.39, 0.29) is 0 Å². The van der Waals surface area contributed by atoms with Gasteiger partial charge < -0.3 is 4.74 Å². The molecule has 0 fully saturated rings. The molecule has 0 radical (unpaired) electrons. The van der Waals surface area contributed by atoms with Gasteiger partial charge in [0.15, 0.2) is 6.67 Å². The van der Waals surface area contributed by atoms with E-state index in [0.29, 0.717) is 0 Å². The largest absolute Gasteiger partial charge is 0.434 e. The number of terminal acetylenes is 1. The zero-order valence-electron chi connectivity index (χ0n) is 3.83. The highest BCUT2D eigenvalue weighted by Crippen LogP contribution is 2.13. The van der Waals surface area contributed by atoms with Gasteiger partial charge in [-0.3, -0.25) is 0 Å². The van der Waals surface area contributed by atoms with Crippen molar-refractivity contribution >= 4 is 0 Å². The molecule has 0 aliphatic rings. The predicted octanol–water partition coefficient (Wildman–Crippen LogP) is 1.16. The van der Waals surface area contributed by atoms with Gasteiger partial charge in [-0.2, -0.15) is 8.78 Å². The van der Waals surface area contributed by atoms with E-state index in [9.17, 15) is 13.2 Å². The van der Waals surface area contributed by atoms with Crippen molar-refractivity contribution in [1.29, 1.82) is 0 Å². The Balaban J connectivity index is 3.58. The second-order valence-electron chi connectivity index (χ2n) is 0.991. The van der Waals surface area contributed by atoms with Gasteiger partial charge in [-0.05, 0) is 0 Å². The Kier molecular flexibility index (Phi) is 2.19. The van der Waals surface area contributed by atoms with Crippen LogP contribution in [0.1, 0.15) is 0 Å². The number of ether oxygens (including phenoxy) is 1. The predicted molar refractivity (Wildman–Crippen MR) is 20.8 cm³/mol. The summed E-state index contributed by atoms with van der Waals surface area (Å²) in [5.41, 5.74) is 0. The van der Waals surface area contributed by atoms with E-state index >= 15 is 0 Å². The van der Waals surface area contributed by atoms with Gasteiger partial charge in [0.1, 0.15) is 6.11 Å². The molecule has 0 aliphatic heterocycles. The summed E-state index contributed by atoms with van der Waals surface area (Å²) in [5, 5.41) is 0. The first-order valence-electron chi connectivity index (χ1n) is 1.70. The molecule has 46 valence electrons. The Bertz CT molecular complexity index is 104. The van der Waals surface area contributed by atoms with Crippen LogP contribution >= 0.6 is 0 Å². The fraction of sp³-hybridized carbons (Fsp3) is 0.500. The summed E-state index contributed by atoms with van der Waals surface area (Å²) in [6, 6.07) is 0. The smallest absolute Gasteiger partial charge is 0.378 e. The molecular formula is C4H3F3O. The van der Waals surface area contributed by atoms with Crippen LogP contribution in [0.2, 0.25) is 0 Å². The monoisotopic (exact) mass is 124 g/mol. The molecule has 0 bridgehead atoms. The minimum atomic E-state index is -3.81. The molecule has 0 spiro atoms. The van der Waals surface area contributed by atoms with E-state index in [4.69, 9.17) is 0 Å². The van der Waals surface area contributed by atoms with Gasteiger partial charge in [0, 0.05) is 0 Å². The molecule has 0 atom stereocenters. The zero-order chi connectivity index (χ0) is 6.62. The maximum absolute atomic E-state index is 11.4. The Morgan fingerprint density at radius 2 is 2.12 bits per heavy atom. The van der Waals surface area contributed by atoms with Gasteiger partial charge in [-0.25, -0.2) is 4.39 Å². The highest BCUT2D eigenvalue weighted by molar-refractivity contribution is 4.71. The van der Waals surface area contributed by atoms with E-state index in [0.717, 1.165) is 0 Å². The van der Waals surface area contributed by atoms with Crippen molar-refractivity contribution in [2.75, 3.05) is 6.67 Å². The second kappa shape index (κ2) is 2.46. The van der Waals surface area contributed by atoms with Crippen molar-refractivity contribution < 1.29 is 17.9 Å². The molecule has 0 aromatic carbocycles. The van der Waals surface area contributed by atoms with Gasteiger partial charge in [-0.1, -0.05) is 6.42 Å². The molecule has 0 unspecified atom stereocenters. The first-order chi connectivity index (χ1) is 3.62. The minimum Gasteiger partial charge on any atom is -0.378 e. The van der Waals surface area contributed by atoms with Crippen molar-refractivity contribution in [2.45, 2.75) is 6.11 Å². The number of alkyl halides is 3. The zero-order valence-corrected chi connectivity index (χ0v) is 3.83. The lowest BCUT2D eigenvalue weighted by Gasteiger charge is -2.06. The molecule has 0 aliphatic carbocycles. The SMILES string of the molecule is C#COC(F)(F)CF. The Hall–Kier alpha value is -0.850. The van der Waals surface area contributed by atoms with Gasteiger partial charge in [-0.15, -0.1) is 0 Å². The molecule has 0 saturated carbocycles. The lowest BCUT2D eigenvalue weighted by atomic mass is 10.7. The van der Waals surface area contributed by atoms with E-state index in [1.54, 1.807) is 0 Å². The maximum Gasteiger partial charge on any atom is 0.434 e. The fourth-order valence-corrected chi connectivity index (χ4v) is 0.113. The van der Waals surface area contributed by atoms with Crippen LogP contribution in [-0.4, -0.2) is 12.8 Å². The molecule has 0 aromatic rings. The van der Waals surface area contributed by atoms with Crippen molar-refractivity contribution in [3.63, 3.8) is 0 Å². The van der Waals surface area contributed by atoms with Crippen molar-refractivity contribution in [2.24, 2.45) is 0 Å². The summed E-state index contributed by atoms with van der Waals surface area (Å²) >= 11 is 0. The summed E-state index contributed by atoms with van der Waals surface area (Å²) in [4.78, 5) is 0. The molecule has 0 N–H and O–H groups in total.